The molecule has 1 saturated carbocycles. The number of carbonyl (C=O) groups is 2. The summed E-state index contributed by atoms with van der Waals surface area (Å²) in [5, 5.41) is 2.09. The first-order chi connectivity index (χ1) is 14.4. The number of hydrogen-bond acceptors (Lipinski definition) is 4. The maximum absolute atomic E-state index is 13.2. The van der Waals surface area contributed by atoms with E-state index in [9.17, 15) is 9.59 Å². The van der Waals surface area contributed by atoms with Gasteiger partial charge in [-0.2, -0.15) is 0 Å². The Hall–Kier alpha value is -2.34. The van der Waals surface area contributed by atoms with Gasteiger partial charge in [-0.1, -0.05) is 26.0 Å². The Morgan fingerprint density at radius 1 is 1.20 bits per heavy atom. The zero-order valence-corrected chi connectivity index (χ0v) is 18.8. The fraction of sp³-hybridized carbons (Fsp3) is 0.500. The average Bonchev–Trinajstić information content (AvgIpc) is 3.45. The second-order valence-electron chi connectivity index (χ2n) is 8.56. The molecule has 1 aliphatic heterocycles. The summed E-state index contributed by atoms with van der Waals surface area (Å²) >= 11 is 1.75. The second-order valence-corrected chi connectivity index (χ2v) is 9.57. The summed E-state index contributed by atoms with van der Waals surface area (Å²) in [5.74, 6) is 1.29. The number of amides is 2. The van der Waals surface area contributed by atoms with Gasteiger partial charge in [0.05, 0.1) is 6.04 Å². The minimum atomic E-state index is -0.120. The van der Waals surface area contributed by atoms with Crippen LogP contribution in [0.2, 0.25) is 0 Å². The van der Waals surface area contributed by atoms with Crippen LogP contribution in [-0.4, -0.2) is 47.4 Å². The van der Waals surface area contributed by atoms with E-state index in [-0.39, 0.29) is 30.4 Å². The number of ether oxygens (including phenoxy) is 1. The van der Waals surface area contributed by atoms with Crippen molar-refractivity contribution in [3.63, 3.8) is 0 Å². The number of rotatable bonds is 7. The van der Waals surface area contributed by atoms with E-state index in [0.29, 0.717) is 19.1 Å². The Morgan fingerprint density at radius 3 is 2.57 bits per heavy atom. The summed E-state index contributed by atoms with van der Waals surface area (Å²) in [7, 11) is 0. The molecule has 1 aromatic heterocycles. The van der Waals surface area contributed by atoms with Crippen LogP contribution in [0.3, 0.4) is 0 Å². The van der Waals surface area contributed by atoms with Crippen LogP contribution in [0.5, 0.6) is 5.75 Å². The highest BCUT2D eigenvalue weighted by molar-refractivity contribution is 7.10. The molecule has 0 bridgehead atoms. The second kappa shape index (κ2) is 8.80. The molecule has 1 atom stereocenters. The van der Waals surface area contributed by atoms with Crippen LogP contribution < -0.4 is 4.74 Å². The molecule has 2 aliphatic rings. The van der Waals surface area contributed by atoms with Gasteiger partial charge in [0.15, 0.2) is 0 Å². The zero-order chi connectivity index (χ0) is 21.3. The van der Waals surface area contributed by atoms with E-state index in [1.54, 1.807) is 23.2 Å². The van der Waals surface area contributed by atoms with Gasteiger partial charge in [0.25, 0.3) is 0 Å². The highest BCUT2D eigenvalue weighted by Gasteiger charge is 2.36. The highest BCUT2D eigenvalue weighted by Crippen LogP contribution is 2.35. The Kier molecular flexibility index (Phi) is 6.14. The summed E-state index contributed by atoms with van der Waals surface area (Å²) < 4.78 is 6.13. The van der Waals surface area contributed by atoms with Crippen LogP contribution in [0.25, 0.3) is 0 Å². The van der Waals surface area contributed by atoms with Crippen LogP contribution in [0.15, 0.2) is 35.7 Å². The average molecular weight is 427 g/mol. The fourth-order valence-corrected chi connectivity index (χ4v) is 5.05. The molecule has 1 fully saturated rings. The molecule has 6 heteroatoms. The molecule has 30 heavy (non-hydrogen) atoms. The molecule has 0 spiro atoms. The van der Waals surface area contributed by atoms with Crippen LogP contribution in [-0.2, 0) is 16.0 Å². The van der Waals surface area contributed by atoms with Crippen molar-refractivity contribution in [2.45, 2.75) is 58.0 Å². The molecule has 0 unspecified atom stereocenters. The topological polar surface area (TPSA) is 49.9 Å². The number of fused-ring (bicyclic) bond motifs is 1. The first-order valence-electron chi connectivity index (χ1n) is 10.8. The molecule has 2 heterocycles. The molecule has 1 aliphatic carbocycles. The van der Waals surface area contributed by atoms with Gasteiger partial charge in [-0.25, -0.2) is 0 Å². The van der Waals surface area contributed by atoms with E-state index in [1.165, 1.54) is 16.0 Å². The molecular formula is C24H30N2O3S. The number of carbonyl (C=O) groups excluding carboxylic acids is 2. The minimum absolute atomic E-state index is 0.0118. The first-order valence-corrected chi connectivity index (χ1v) is 11.7. The van der Waals surface area contributed by atoms with E-state index in [1.807, 2.05) is 17.0 Å². The third-order valence-electron chi connectivity index (χ3n) is 6.07. The zero-order valence-electron chi connectivity index (χ0n) is 18.0. The van der Waals surface area contributed by atoms with Crippen molar-refractivity contribution < 1.29 is 14.3 Å². The van der Waals surface area contributed by atoms with Gasteiger partial charge >= 0.3 is 0 Å². The lowest BCUT2D eigenvalue weighted by Gasteiger charge is -2.37. The van der Waals surface area contributed by atoms with Crippen molar-refractivity contribution in [2.24, 2.45) is 0 Å². The fourth-order valence-electron chi connectivity index (χ4n) is 4.12. The van der Waals surface area contributed by atoms with Crippen molar-refractivity contribution in [1.29, 1.82) is 0 Å². The largest absolute Gasteiger partial charge is 0.491 e. The maximum atomic E-state index is 13.2. The van der Waals surface area contributed by atoms with E-state index >= 15 is 0 Å². The Labute approximate surface area is 182 Å². The van der Waals surface area contributed by atoms with Gasteiger partial charge in [-0.3, -0.25) is 9.59 Å². The van der Waals surface area contributed by atoms with Crippen molar-refractivity contribution in [3.8, 4) is 5.75 Å². The molecule has 5 nitrogen and oxygen atoms in total. The minimum Gasteiger partial charge on any atom is -0.491 e. The third kappa shape index (κ3) is 4.53. The van der Waals surface area contributed by atoms with Crippen LogP contribution in [0.4, 0.5) is 0 Å². The van der Waals surface area contributed by atoms with Crippen molar-refractivity contribution in [1.82, 2.24) is 9.80 Å². The monoisotopic (exact) mass is 426 g/mol. The SMILES string of the molecule is CC(=O)N(CC(=O)N1CCc2sccc2[C@H]1COc1ccc(C(C)C)cc1)C1CC1. The summed E-state index contributed by atoms with van der Waals surface area (Å²) in [4.78, 5) is 30.2. The van der Waals surface area contributed by atoms with E-state index < -0.39 is 0 Å². The van der Waals surface area contributed by atoms with Crippen LogP contribution in [0, 0.1) is 0 Å². The summed E-state index contributed by atoms with van der Waals surface area (Å²) in [6.07, 6.45) is 2.86. The van der Waals surface area contributed by atoms with Gasteiger partial charge in [-0.05, 0) is 59.9 Å². The molecule has 4 rings (SSSR count). The highest BCUT2D eigenvalue weighted by atomic mass is 32.1. The van der Waals surface area contributed by atoms with Gasteiger partial charge in [0, 0.05) is 24.4 Å². The molecule has 0 radical (unpaired) electrons. The van der Waals surface area contributed by atoms with Crippen molar-refractivity contribution in [3.05, 3.63) is 51.7 Å². The molecule has 0 saturated heterocycles. The Bertz CT molecular complexity index is 901. The summed E-state index contributed by atoms with van der Waals surface area (Å²) in [6.45, 7) is 7.15. The van der Waals surface area contributed by atoms with Gasteiger partial charge < -0.3 is 14.5 Å². The van der Waals surface area contributed by atoms with Crippen molar-refractivity contribution in [2.75, 3.05) is 19.7 Å². The van der Waals surface area contributed by atoms with Crippen LogP contribution >= 0.6 is 11.3 Å². The lowest BCUT2D eigenvalue weighted by molar-refractivity contribution is -0.142. The number of benzene rings is 1. The Morgan fingerprint density at radius 2 is 1.93 bits per heavy atom. The number of nitrogens with zero attached hydrogens (tertiary/aromatic N) is 2. The number of hydrogen-bond donors (Lipinski definition) is 0. The molecule has 0 N–H and O–H groups in total. The quantitative estimate of drug-likeness (QED) is 0.660. The van der Waals surface area contributed by atoms with E-state index in [0.717, 1.165) is 25.0 Å². The molecule has 160 valence electrons. The maximum Gasteiger partial charge on any atom is 0.242 e. The normalized spacial score (nSPS) is 18.3. The summed E-state index contributed by atoms with van der Waals surface area (Å²) in [6, 6.07) is 10.4. The molecular weight excluding hydrogens is 396 g/mol. The predicted octanol–water partition coefficient (Wildman–Crippen LogP) is 4.39. The van der Waals surface area contributed by atoms with Crippen LogP contribution in [0.1, 0.15) is 61.6 Å². The standard InChI is InChI=1S/C24H30N2O3S/c1-16(2)18-4-8-20(9-5-18)29-15-22-21-11-13-30-23(21)10-12-25(22)24(28)14-26(17(3)27)19-6-7-19/h4-5,8-9,11,13,16,19,22H,6-7,10,12,14-15H2,1-3H3/t22-/m1/s1. The summed E-state index contributed by atoms with van der Waals surface area (Å²) in [5.41, 5.74) is 2.46. The smallest absolute Gasteiger partial charge is 0.242 e. The lowest BCUT2D eigenvalue weighted by atomic mass is 10.00. The van der Waals surface area contributed by atoms with E-state index in [2.05, 4.69) is 37.4 Å². The Balaban J connectivity index is 1.48. The molecule has 1 aromatic carbocycles. The van der Waals surface area contributed by atoms with Gasteiger partial charge in [0.2, 0.25) is 11.8 Å². The lowest BCUT2D eigenvalue weighted by Crippen LogP contribution is -2.48. The molecule has 2 aromatic rings. The van der Waals surface area contributed by atoms with Crippen molar-refractivity contribution >= 4 is 23.2 Å². The predicted molar refractivity (Wildman–Crippen MR) is 119 cm³/mol. The van der Waals surface area contributed by atoms with Gasteiger partial charge in [-0.15, -0.1) is 11.3 Å². The van der Waals surface area contributed by atoms with Gasteiger partial charge in [0.1, 0.15) is 18.9 Å². The first kappa shape index (κ1) is 20.9. The third-order valence-corrected chi connectivity index (χ3v) is 7.06. The van der Waals surface area contributed by atoms with E-state index in [4.69, 9.17) is 4.74 Å². The number of thiophene rings is 1. The molecule has 2 amide bonds.